The zero-order valence-electron chi connectivity index (χ0n) is 10.8. The van der Waals surface area contributed by atoms with Gasteiger partial charge in [0, 0.05) is 27.8 Å². The van der Waals surface area contributed by atoms with Gasteiger partial charge in [-0.25, -0.2) is 0 Å². The lowest BCUT2D eigenvalue weighted by atomic mass is 9.83. The summed E-state index contributed by atoms with van der Waals surface area (Å²) in [5.74, 6) is 0.0114. The molecule has 3 rings (SSSR count). The summed E-state index contributed by atoms with van der Waals surface area (Å²) in [4.78, 5) is 24.9. The second-order valence-electron chi connectivity index (χ2n) is 4.57. The van der Waals surface area contributed by atoms with Gasteiger partial charge < -0.3 is 9.84 Å². The molecule has 0 saturated heterocycles. The largest absolute Gasteiger partial charge is 0.496 e. The number of carbonyl (C=O) groups is 2. The standard InChI is InChI=1S/C16H12O4/c1-20-14-7-13-12(6-9(14)8-17)15(18)10-4-2-3-5-11(10)16(13)19/h2-7,17H,8H2,1H3. The molecule has 4 nitrogen and oxygen atoms in total. The first kappa shape index (κ1) is 12.6. The van der Waals surface area contributed by atoms with Crippen LogP contribution in [0.15, 0.2) is 36.4 Å². The first-order valence-corrected chi connectivity index (χ1v) is 6.17. The molecule has 0 unspecified atom stereocenters. The molecule has 0 atom stereocenters. The molecular formula is C16H12O4. The van der Waals surface area contributed by atoms with Gasteiger partial charge in [-0.05, 0) is 12.1 Å². The van der Waals surface area contributed by atoms with E-state index in [2.05, 4.69) is 0 Å². The average Bonchev–Trinajstić information content (AvgIpc) is 2.51. The lowest BCUT2D eigenvalue weighted by Gasteiger charge is -2.19. The van der Waals surface area contributed by atoms with Gasteiger partial charge in [-0.15, -0.1) is 0 Å². The Morgan fingerprint density at radius 1 is 0.950 bits per heavy atom. The van der Waals surface area contributed by atoms with Crippen molar-refractivity contribution in [3.8, 4) is 5.75 Å². The van der Waals surface area contributed by atoms with Crippen molar-refractivity contribution < 1.29 is 19.4 Å². The summed E-state index contributed by atoms with van der Waals surface area (Å²) in [5, 5.41) is 9.32. The molecule has 0 fully saturated rings. The van der Waals surface area contributed by atoms with Gasteiger partial charge >= 0.3 is 0 Å². The molecule has 1 aliphatic rings. The van der Waals surface area contributed by atoms with Gasteiger partial charge in [-0.3, -0.25) is 9.59 Å². The first-order valence-electron chi connectivity index (χ1n) is 6.17. The summed E-state index contributed by atoms with van der Waals surface area (Å²) in [5.41, 5.74) is 1.94. The molecule has 2 aromatic carbocycles. The Morgan fingerprint density at radius 3 is 2.00 bits per heavy atom. The molecule has 4 heteroatoms. The SMILES string of the molecule is COc1cc2c(cc1CO)C(=O)c1ccccc1C2=O. The summed E-state index contributed by atoms with van der Waals surface area (Å²) in [7, 11) is 1.46. The number of aliphatic hydroxyl groups excluding tert-OH is 1. The van der Waals surface area contributed by atoms with Gasteiger partial charge in [0.2, 0.25) is 0 Å². The third kappa shape index (κ3) is 1.66. The minimum atomic E-state index is -0.250. The number of hydrogen-bond donors (Lipinski definition) is 1. The molecule has 0 saturated carbocycles. The number of aliphatic hydroxyl groups is 1. The molecule has 1 N–H and O–H groups in total. The Kier molecular flexibility index (Phi) is 2.88. The fraction of sp³-hybridized carbons (Fsp3) is 0.125. The number of ketones is 2. The number of hydrogen-bond acceptors (Lipinski definition) is 4. The minimum Gasteiger partial charge on any atom is -0.496 e. The molecular weight excluding hydrogens is 256 g/mol. The first-order chi connectivity index (χ1) is 9.67. The van der Waals surface area contributed by atoms with E-state index in [1.165, 1.54) is 19.2 Å². The van der Waals surface area contributed by atoms with E-state index >= 15 is 0 Å². The summed E-state index contributed by atoms with van der Waals surface area (Å²) < 4.78 is 5.15. The monoisotopic (exact) mass is 268 g/mol. The van der Waals surface area contributed by atoms with Crippen LogP contribution in [0.1, 0.15) is 37.4 Å². The van der Waals surface area contributed by atoms with Crippen LogP contribution < -0.4 is 4.74 Å². The Hall–Kier alpha value is -2.46. The fourth-order valence-corrected chi connectivity index (χ4v) is 2.48. The highest BCUT2D eigenvalue weighted by atomic mass is 16.5. The molecule has 0 heterocycles. The van der Waals surface area contributed by atoms with Crippen molar-refractivity contribution in [2.45, 2.75) is 6.61 Å². The smallest absolute Gasteiger partial charge is 0.194 e. The molecule has 0 aromatic heterocycles. The number of rotatable bonds is 2. The fourth-order valence-electron chi connectivity index (χ4n) is 2.48. The number of carbonyl (C=O) groups excluding carboxylic acids is 2. The van der Waals surface area contributed by atoms with E-state index in [0.717, 1.165) is 0 Å². The van der Waals surface area contributed by atoms with E-state index in [0.29, 0.717) is 33.6 Å². The maximum Gasteiger partial charge on any atom is 0.194 e. The lowest BCUT2D eigenvalue weighted by Crippen LogP contribution is -2.21. The van der Waals surface area contributed by atoms with E-state index in [1.807, 2.05) is 0 Å². The van der Waals surface area contributed by atoms with Gasteiger partial charge in [0.1, 0.15) is 5.75 Å². The maximum atomic E-state index is 12.5. The summed E-state index contributed by atoms with van der Waals surface area (Å²) >= 11 is 0. The maximum absolute atomic E-state index is 12.5. The van der Waals surface area contributed by atoms with Gasteiger partial charge in [-0.2, -0.15) is 0 Å². The Bertz CT molecular complexity index is 669. The van der Waals surface area contributed by atoms with Crippen LogP contribution in [0.25, 0.3) is 0 Å². The Balaban J connectivity index is 2.28. The van der Waals surface area contributed by atoms with Crippen molar-refractivity contribution in [1.82, 2.24) is 0 Å². The molecule has 0 aliphatic heterocycles. The van der Waals surface area contributed by atoms with Crippen LogP contribution in [0.4, 0.5) is 0 Å². The molecule has 0 radical (unpaired) electrons. The topological polar surface area (TPSA) is 63.6 Å². The second kappa shape index (κ2) is 4.58. The summed E-state index contributed by atoms with van der Waals surface area (Å²) in [6.07, 6.45) is 0. The zero-order valence-corrected chi connectivity index (χ0v) is 10.8. The Labute approximate surface area is 115 Å². The van der Waals surface area contributed by atoms with E-state index in [1.54, 1.807) is 24.3 Å². The third-order valence-corrected chi connectivity index (χ3v) is 3.50. The molecule has 0 bridgehead atoms. The number of ether oxygens (including phenoxy) is 1. The normalized spacial score (nSPS) is 12.9. The molecule has 20 heavy (non-hydrogen) atoms. The highest BCUT2D eigenvalue weighted by molar-refractivity contribution is 6.28. The van der Waals surface area contributed by atoms with Crippen LogP contribution in [0.3, 0.4) is 0 Å². The predicted octanol–water partition coefficient (Wildman–Crippen LogP) is 1.96. The molecule has 100 valence electrons. The van der Waals surface area contributed by atoms with Gasteiger partial charge in [0.15, 0.2) is 11.6 Å². The van der Waals surface area contributed by atoms with Crippen molar-refractivity contribution in [1.29, 1.82) is 0 Å². The highest BCUT2D eigenvalue weighted by Gasteiger charge is 2.30. The quantitative estimate of drug-likeness (QED) is 0.771. The number of fused-ring (bicyclic) bond motifs is 2. The van der Waals surface area contributed by atoms with E-state index < -0.39 is 0 Å². The van der Waals surface area contributed by atoms with Crippen LogP contribution >= 0.6 is 0 Å². The highest BCUT2D eigenvalue weighted by Crippen LogP contribution is 2.32. The van der Waals surface area contributed by atoms with Gasteiger partial charge in [-0.1, -0.05) is 24.3 Å². The van der Waals surface area contributed by atoms with Gasteiger partial charge in [0.25, 0.3) is 0 Å². The van der Waals surface area contributed by atoms with Crippen molar-refractivity contribution in [3.63, 3.8) is 0 Å². The van der Waals surface area contributed by atoms with Crippen LogP contribution in [0.5, 0.6) is 5.75 Å². The van der Waals surface area contributed by atoms with Crippen molar-refractivity contribution >= 4 is 11.6 Å². The van der Waals surface area contributed by atoms with Gasteiger partial charge in [0.05, 0.1) is 13.7 Å². The number of benzene rings is 2. The molecule has 0 spiro atoms. The lowest BCUT2D eigenvalue weighted by molar-refractivity contribution is 0.0978. The second-order valence-corrected chi connectivity index (χ2v) is 4.57. The van der Waals surface area contributed by atoms with E-state index in [4.69, 9.17) is 4.74 Å². The summed E-state index contributed by atoms with van der Waals surface area (Å²) in [6.45, 7) is -0.250. The Morgan fingerprint density at radius 2 is 1.50 bits per heavy atom. The van der Waals surface area contributed by atoms with E-state index in [9.17, 15) is 14.7 Å². The van der Waals surface area contributed by atoms with E-state index in [-0.39, 0.29) is 18.2 Å². The van der Waals surface area contributed by atoms with Crippen LogP contribution in [-0.4, -0.2) is 23.8 Å². The molecule has 2 aromatic rings. The van der Waals surface area contributed by atoms with Crippen molar-refractivity contribution in [2.75, 3.05) is 7.11 Å². The van der Waals surface area contributed by atoms with Crippen molar-refractivity contribution in [2.24, 2.45) is 0 Å². The third-order valence-electron chi connectivity index (χ3n) is 3.50. The van der Waals surface area contributed by atoms with Crippen molar-refractivity contribution in [3.05, 3.63) is 64.2 Å². The molecule has 1 aliphatic carbocycles. The van der Waals surface area contributed by atoms with Crippen LogP contribution in [0.2, 0.25) is 0 Å². The minimum absolute atomic E-state index is 0.196. The zero-order chi connectivity index (χ0) is 14.3. The summed E-state index contributed by atoms with van der Waals surface area (Å²) in [6, 6.07) is 9.80. The molecule has 0 amide bonds. The number of methoxy groups -OCH3 is 1. The van der Waals surface area contributed by atoms with Crippen LogP contribution in [-0.2, 0) is 6.61 Å². The average molecular weight is 268 g/mol. The predicted molar refractivity (Wildman–Crippen MR) is 72.2 cm³/mol. The van der Waals surface area contributed by atoms with Crippen LogP contribution in [0, 0.1) is 0 Å².